The van der Waals surface area contributed by atoms with Gasteiger partial charge >= 0.3 is 0 Å². The molecule has 2 aromatic heterocycles. The summed E-state index contributed by atoms with van der Waals surface area (Å²) in [5.74, 6) is 1.61. The molecule has 0 radical (unpaired) electrons. The molecule has 3 heterocycles. The molecular weight excluding hydrogens is 228 g/mol. The maximum atomic E-state index is 4.32. The van der Waals surface area contributed by atoms with Gasteiger partial charge in [0.15, 0.2) is 0 Å². The third-order valence-corrected chi connectivity index (χ3v) is 3.32. The second kappa shape index (κ2) is 4.89. The Kier molecular flexibility index (Phi) is 3.10. The van der Waals surface area contributed by atoms with Crippen molar-refractivity contribution in [2.75, 3.05) is 18.4 Å². The summed E-state index contributed by atoms with van der Waals surface area (Å²) in [5, 5.41) is 11.1. The van der Waals surface area contributed by atoms with Gasteiger partial charge in [-0.05, 0) is 26.3 Å². The number of aromatic nitrogens is 4. The molecule has 1 saturated heterocycles. The van der Waals surface area contributed by atoms with Gasteiger partial charge in [-0.25, -0.2) is 4.98 Å². The molecule has 2 aromatic rings. The van der Waals surface area contributed by atoms with Crippen LogP contribution >= 0.6 is 0 Å². The summed E-state index contributed by atoms with van der Waals surface area (Å²) in [6.07, 6.45) is 5.37. The van der Waals surface area contributed by atoms with Crippen molar-refractivity contribution < 1.29 is 0 Å². The smallest absolute Gasteiger partial charge is 0.254 e. The number of piperidine rings is 1. The molecule has 18 heavy (non-hydrogen) atoms. The van der Waals surface area contributed by atoms with Crippen LogP contribution in [-0.2, 0) is 0 Å². The predicted octanol–water partition coefficient (Wildman–Crippen LogP) is 0.987. The molecule has 1 unspecified atom stereocenters. The number of fused-ring (bicyclic) bond motifs is 1. The molecule has 0 saturated carbocycles. The van der Waals surface area contributed by atoms with E-state index in [4.69, 9.17) is 0 Å². The first-order chi connectivity index (χ1) is 8.83. The molecule has 96 valence electrons. The van der Waals surface area contributed by atoms with Gasteiger partial charge in [-0.1, -0.05) is 6.42 Å². The minimum atomic E-state index is 0.547. The first-order valence-corrected chi connectivity index (χ1v) is 6.47. The van der Waals surface area contributed by atoms with Crippen LogP contribution in [0.1, 0.15) is 25.0 Å². The summed E-state index contributed by atoms with van der Waals surface area (Å²) in [6, 6.07) is 2.55. The summed E-state index contributed by atoms with van der Waals surface area (Å²) in [6.45, 7) is 4.01. The molecule has 1 fully saturated rings. The summed E-state index contributed by atoms with van der Waals surface area (Å²) in [5.41, 5.74) is 0.953. The van der Waals surface area contributed by atoms with Crippen molar-refractivity contribution >= 4 is 11.6 Å². The Hall–Kier alpha value is -1.69. The zero-order valence-corrected chi connectivity index (χ0v) is 10.6. The van der Waals surface area contributed by atoms with Crippen molar-refractivity contribution in [1.82, 2.24) is 24.9 Å². The normalized spacial score (nSPS) is 20.2. The van der Waals surface area contributed by atoms with E-state index in [1.54, 1.807) is 4.52 Å². The van der Waals surface area contributed by atoms with E-state index in [0.29, 0.717) is 11.8 Å². The monoisotopic (exact) mass is 246 g/mol. The SMILES string of the molecule is Cc1cc(NCC2CCCCN2)n2ncnc2n1. The summed E-state index contributed by atoms with van der Waals surface area (Å²) >= 11 is 0. The van der Waals surface area contributed by atoms with Gasteiger partial charge in [-0.3, -0.25) is 0 Å². The maximum Gasteiger partial charge on any atom is 0.254 e. The molecule has 0 amide bonds. The highest BCUT2D eigenvalue weighted by Gasteiger charge is 2.13. The van der Waals surface area contributed by atoms with Gasteiger partial charge in [0.05, 0.1) is 0 Å². The van der Waals surface area contributed by atoms with Crippen LogP contribution in [0.2, 0.25) is 0 Å². The third kappa shape index (κ3) is 2.28. The number of aryl methyl sites for hydroxylation is 1. The second-order valence-corrected chi connectivity index (χ2v) is 4.78. The molecule has 0 aliphatic carbocycles. The number of hydrogen-bond acceptors (Lipinski definition) is 5. The lowest BCUT2D eigenvalue weighted by atomic mass is 10.1. The molecule has 0 bridgehead atoms. The van der Waals surface area contributed by atoms with E-state index >= 15 is 0 Å². The average molecular weight is 246 g/mol. The Bertz CT molecular complexity index is 528. The number of hydrogen-bond donors (Lipinski definition) is 2. The fourth-order valence-corrected chi connectivity index (χ4v) is 2.38. The van der Waals surface area contributed by atoms with Crippen LogP contribution in [0.3, 0.4) is 0 Å². The van der Waals surface area contributed by atoms with E-state index < -0.39 is 0 Å². The van der Waals surface area contributed by atoms with Crippen molar-refractivity contribution in [3.63, 3.8) is 0 Å². The molecule has 3 rings (SSSR count). The van der Waals surface area contributed by atoms with E-state index in [0.717, 1.165) is 24.6 Å². The Morgan fingerprint density at radius 2 is 2.44 bits per heavy atom. The van der Waals surface area contributed by atoms with Crippen LogP contribution in [0.15, 0.2) is 12.4 Å². The van der Waals surface area contributed by atoms with E-state index in [2.05, 4.69) is 25.7 Å². The van der Waals surface area contributed by atoms with Crippen LogP contribution in [-0.4, -0.2) is 38.7 Å². The first-order valence-electron chi connectivity index (χ1n) is 6.47. The highest BCUT2D eigenvalue weighted by atomic mass is 15.4. The number of nitrogens with one attached hydrogen (secondary N) is 2. The Labute approximate surface area is 106 Å². The largest absolute Gasteiger partial charge is 0.368 e. The van der Waals surface area contributed by atoms with Gasteiger partial charge in [-0.2, -0.15) is 14.6 Å². The van der Waals surface area contributed by atoms with Gasteiger partial charge in [0.1, 0.15) is 12.1 Å². The molecule has 1 atom stereocenters. The standard InChI is InChI=1S/C12H18N6/c1-9-6-11(18-12(17-9)15-8-16-18)14-7-10-4-2-3-5-13-10/h6,8,10,13-14H,2-5,7H2,1H3. The lowest BCUT2D eigenvalue weighted by Crippen LogP contribution is -2.39. The molecule has 0 spiro atoms. The van der Waals surface area contributed by atoms with Gasteiger partial charge in [-0.15, -0.1) is 0 Å². The van der Waals surface area contributed by atoms with Crippen molar-refractivity contribution in [2.24, 2.45) is 0 Å². The summed E-state index contributed by atoms with van der Waals surface area (Å²) < 4.78 is 1.75. The van der Waals surface area contributed by atoms with Crippen molar-refractivity contribution in [3.05, 3.63) is 18.1 Å². The summed E-state index contributed by atoms with van der Waals surface area (Å²) in [4.78, 5) is 8.44. The van der Waals surface area contributed by atoms with E-state index in [1.165, 1.54) is 25.6 Å². The molecule has 6 heteroatoms. The Balaban J connectivity index is 1.75. The van der Waals surface area contributed by atoms with Crippen LogP contribution in [0, 0.1) is 6.92 Å². The topological polar surface area (TPSA) is 67.1 Å². The molecular formula is C12H18N6. The van der Waals surface area contributed by atoms with Crippen molar-refractivity contribution in [1.29, 1.82) is 0 Å². The minimum absolute atomic E-state index is 0.547. The number of nitrogens with zero attached hydrogens (tertiary/aromatic N) is 4. The molecule has 1 aliphatic heterocycles. The number of rotatable bonds is 3. The number of anilines is 1. The molecule has 1 aliphatic rings. The van der Waals surface area contributed by atoms with Gasteiger partial charge in [0, 0.05) is 24.3 Å². The van der Waals surface area contributed by atoms with Crippen LogP contribution in [0.5, 0.6) is 0 Å². The van der Waals surface area contributed by atoms with Crippen LogP contribution in [0.25, 0.3) is 5.78 Å². The highest BCUT2D eigenvalue weighted by Crippen LogP contribution is 2.12. The first kappa shape index (κ1) is 11.4. The minimum Gasteiger partial charge on any atom is -0.368 e. The lowest BCUT2D eigenvalue weighted by molar-refractivity contribution is 0.414. The van der Waals surface area contributed by atoms with Crippen LogP contribution < -0.4 is 10.6 Å². The zero-order chi connectivity index (χ0) is 12.4. The molecule has 6 nitrogen and oxygen atoms in total. The van der Waals surface area contributed by atoms with E-state index in [1.807, 2.05) is 13.0 Å². The van der Waals surface area contributed by atoms with Crippen LogP contribution in [0.4, 0.5) is 5.82 Å². The fourth-order valence-electron chi connectivity index (χ4n) is 2.38. The maximum absolute atomic E-state index is 4.32. The Morgan fingerprint density at radius 1 is 1.50 bits per heavy atom. The molecule has 0 aromatic carbocycles. The van der Waals surface area contributed by atoms with Crippen molar-refractivity contribution in [2.45, 2.75) is 32.2 Å². The molecule has 2 N–H and O–H groups in total. The quantitative estimate of drug-likeness (QED) is 0.845. The highest BCUT2D eigenvalue weighted by molar-refractivity contribution is 5.44. The average Bonchev–Trinajstić information content (AvgIpc) is 2.85. The van der Waals surface area contributed by atoms with E-state index in [9.17, 15) is 0 Å². The zero-order valence-electron chi connectivity index (χ0n) is 10.6. The van der Waals surface area contributed by atoms with Gasteiger partial charge in [0.25, 0.3) is 5.78 Å². The van der Waals surface area contributed by atoms with Crippen molar-refractivity contribution in [3.8, 4) is 0 Å². The second-order valence-electron chi connectivity index (χ2n) is 4.78. The Morgan fingerprint density at radius 3 is 3.28 bits per heavy atom. The van der Waals surface area contributed by atoms with Gasteiger partial charge in [0.2, 0.25) is 0 Å². The predicted molar refractivity (Wildman–Crippen MR) is 69.7 cm³/mol. The summed E-state index contributed by atoms with van der Waals surface area (Å²) in [7, 11) is 0. The van der Waals surface area contributed by atoms with Gasteiger partial charge < -0.3 is 10.6 Å². The third-order valence-electron chi connectivity index (χ3n) is 3.32. The fraction of sp³-hybridized carbons (Fsp3) is 0.583. The lowest BCUT2D eigenvalue weighted by Gasteiger charge is -2.24. The van der Waals surface area contributed by atoms with E-state index in [-0.39, 0.29) is 0 Å².